The van der Waals surface area contributed by atoms with Gasteiger partial charge in [-0.2, -0.15) is 0 Å². The molecule has 0 amide bonds. The van der Waals surface area contributed by atoms with Crippen molar-refractivity contribution in [3.8, 4) is 0 Å². The van der Waals surface area contributed by atoms with Crippen LogP contribution in [0.25, 0.3) is 0 Å². The summed E-state index contributed by atoms with van der Waals surface area (Å²) in [6.45, 7) is 8.45. The number of hydrogen-bond acceptors (Lipinski definition) is 5. The van der Waals surface area contributed by atoms with Gasteiger partial charge in [0.25, 0.3) is 0 Å². The average molecular weight is 268 g/mol. The van der Waals surface area contributed by atoms with Gasteiger partial charge in [-0.1, -0.05) is 0 Å². The van der Waals surface area contributed by atoms with E-state index >= 15 is 0 Å². The van der Waals surface area contributed by atoms with E-state index in [2.05, 4.69) is 0 Å². The second-order valence-corrected chi connectivity index (χ2v) is 5.89. The van der Waals surface area contributed by atoms with E-state index in [1.807, 2.05) is 27.7 Å². The smallest absolute Gasteiger partial charge is 0.487 e. The Balaban J connectivity index is 2.30. The van der Waals surface area contributed by atoms with Gasteiger partial charge in [0.1, 0.15) is 0 Å². The molecule has 0 atom stereocenters. The molecule has 0 radical (unpaired) electrons. The Morgan fingerprint density at radius 3 is 2.32 bits per heavy atom. The molecule has 2 aliphatic rings. The summed E-state index contributed by atoms with van der Waals surface area (Å²) >= 11 is 0. The Bertz CT molecular complexity index is 397. The predicted molar refractivity (Wildman–Crippen MR) is 70.3 cm³/mol. The highest BCUT2D eigenvalue weighted by Gasteiger charge is 2.53. The Morgan fingerprint density at radius 2 is 1.79 bits per heavy atom. The van der Waals surface area contributed by atoms with E-state index in [1.54, 1.807) is 0 Å². The Labute approximate surface area is 114 Å². The minimum absolute atomic E-state index is 0.243. The van der Waals surface area contributed by atoms with Gasteiger partial charge in [-0.25, -0.2) is 4.79 Å². The van der Waals surface area contributed by atoms with Gasteiger partial charge in [0.15, 0.2) is 5.76 Å². The summed E-state index contributed by atoms with van der Waals surface area (Å²) < 4.78 is 22.1. The number of methoxy groups -OCH3 is 1. The molecule has 2 heterocycles. The molecule has 2 rings (SSSR count). The van der Waals surface area contributed by atoms with Crippen molar-refractivity contribution in [1.82, 2.24) is 0 Å². The molecule has 19 heavy (non-hydrogen) atoms. The number of carbonyl (C=O) groups excluding carboxylic acids is 1. The summed E-state index contributed by atoms with van der Waals surface area (Å²) in [7, 11) is 0.800. The quantitative estimate of drug-likeness (QED) is 0.565. The molecule has 0 aromatic heterocycles. The molecular formula is C13H21BO5. The molecule has 0 unspecified atom stereocenters. The molecule has 0 aromatic rings. The Kier molecular flexibility index (Phi) is 3.66. The Morgan fingerprint density at radius 1 is 1.21 bits per heavy atom. The first-order valence-corrected chi connectivity index (χ1v) is 6.58. The third-order valence-electron chi connectivity index (χ3n) is 4.04. The molecule has 0 aromatic carbocycles. The summed E-state index contributed by atoms with van der Waals surface area (Å²) in [5.41, 5.74) is -0.107. The zero-order valence-corrected chi connectivity index (χ0v) is 12.2. The number of esters is 1. The van der Waals surface area contributed by atoms with Crippen molar-refractivity contribution in [3.05, 3.63) is 11.2 Å². The van der Waals surface area contributed by atoms with Crippen LogP contribution in [0, 0.1) is 0 Å². The van der Waals surface area contributed by atoms with Gasteiger partial charge in [-0.15, -0.1) is 0 Å². The molecule has 6 heteroatoms. The van der Waals surface area contributed by atoms with Gasteiger partial charge in [0, 0.05) is 5.47 Å². The molecular weight excluding hydrogens is 247 g/mol. The van der Waals surface area contributed by atoms with Gasteiger partial charge >= 0.3 is 13.1 Å². The maximum Gasteiger partial charge on any atom is 0.494 e. The number of allylic oxidation sites excluding steroid dienone is 1. The number of ether oxygens (including phenoxy) is 2. The van der Waals surface area contributed by atoms with Gasteiger partial charge in [0.2, 0.25) is 0 Å². The lowest BCUT2D eigenvalue weighted by molar-refractivity contribution is -0.140. The van der Waals surface area contributed by atoms with Crippen molar-refractivity contribution < 1.29 is 23.6 Å². The van der Waals surface area contributed by atoms with Crippen LogP contribution in [0.1, 0.15) is 40.5 Å². The molecule has 0 bridgehead atoms. The summed E-state index contributed by atoms with van der Waals surface area (Å²) in [4.78, 5) is 11.7. The molecule has 0 saturated carbocycles. The molecule has 0 aliphatic carbocycles. The van der Waals surface area contributed by atoms with Crippen LogP contribution in [0.5, 0.6) is 0 Å². The van der Waals surface area contributed by atoms with Crippen LogP contribution < -0.4 is 0 Å². The fraction of sp³-hybridized carbons (Fsp3) is 0.769. The van der Waals surface area contributed by atoms with Gasteiger partial charge in [0.05, 0.1) is 24.9 Å². The topological polar surface area (TPSA) is 54.0 Å². The largest absolute Gasteiger partial charge is 0.494 e. The van der Waals surface area contributed by atoms with Crippen molar-refractivity contribution in [2.24, 2.45) is 0 Å². The number of carbonyl (C=O) groups is 1. The number of hydrogen-bond donors (Lipinski definition) is 0. The lowest BCUT2D eigenvalue weighted by Gasteiger charge is -2.32. The first kappa shape index (κ1) is 14.4. The Hall–Kier alpha value is -1.01. The summed E-state index contributed by atoms with van der Waals surface area (Å²) in [5.74, 6) is -0.225. The first-order chi connectivity index (χ1) is 8.78. The zero-order chi connectivity index (χ0) is 14.3. The highest BCUT2D eigenvalue weighted by molar-refractivity contribution is 6.55. The fourth-order valence-electron chi connectivity index (χ4n) is 2.14. The van der Waals surface area contributed by atoms with E-state index in [4.69, 9.17) is 18.8 Å². The standard InChI is InChI=1S/C13H21BO5/c1-12(2)13(3,4)19-14(18-12)9-7-6-8-17-10(9)11(15)16-5/h6-8H2,1-5H3. The van der Waals surface area contributed by atoms with Crippen molar-refractivity contribution >= 4 is 13.1 Å². The van der Waals surface area contributed by atoms with E-state index < -0.39 is 24.3 Å². The van der Waals surface area contributed by atoms with Crippen LogP contribution in [0.15, 0.2) is 11.2 Å². The number of rotatable bonds is 2. The lowest BCUT2D eigenvalue weighted by Crippen LogP contribution is -2.41. The van der Waals surface area contributed by atoms with E-state index in [0.29, 0.717) is 6.61 Å². The molecule has 2 aliphatic heterocycles. The third kappa shape index (κ3) is 2.51. The van der Waals surface area contributed by atoms with Gasteiger partial charge in [-0.3, -0.25) is 0 Å². The third-order valence-corrected chi connectivity index (χ3v) is 4.04. The maximum atomic E-state index is 11.7. The van der Waals surface area contributed by atoms with Crippen LogP contribution >= 0.6 is 0 Å². The molecule has 5 nitrogen and oxygen atoms in total. The van der Waals surface area contributed by atoms with Crippen LogP contribution in [-0.2, 0) is 23.6 Å². The second-order valence-electron chi connectivity index (χ2n) is 5.89. The van der Waals surface area contributed by atoms with Crippen molar-refractivity contribution in [2.75, 3.05) is 13.7 Å². The predicted octanol–water partition coefficient (Wildman–Crippen LogP) is 1.86. The molecule has 1 saturated heterocycles. The fourth-order valence-corrected chi connectivity index (χ4v) is 2.14. The summed E-state index contributed by atoms with van der Waals surface area (Å²) in [6.07, 6.45) is 1.57. The summed E-state index contributed by atoms with van der Waals surface area (Å²) in [5, 5.41) is 0. The average Bonchev–Trinajstić information content (AvgIpc) is 2.57. The lowest BCUT2D eigenvalue weighted by atomic mass is 9.74. The normalized spacial score (nSPS) is 25.2. The van der Waals surface area contributed by atoms with Gasteiger partial charge < -0.3 is 18.8 Å². The van der Waals surface area contributed by atoms with Crippen LogP contribution in [0.4, 0.5) is 0 Å². The highest BCUT2D eigenvalue weighted by Crippen LogP contribution is 2.40. The molecule has 1 fully saturated rings. The van der Waals surface area contributed by atoms with E-state index in [9.17, 15) is 4.79 Å². The minimum Gasteiger partial charge on any atom is -0.487 e. The van der Waals surface area contributed by atoms with E-state index in [0.717, 1.165) is 18.3 Å². The van der Waals surface area contributed by atoms with Crippen LogP contribution in [0.2, 0.25) is 0 Å². The molecule has 106 valence electrons. The van der Waals surface area contributed by atoms with Crippen molar-refractivity contribution in [1.29, 1.82) is 0 Å². The SMILES string of the molecule is COC(=O)C1=C(B2OC(C)(C)C(C)(C)O2)CCCO1. The zero-order valence-electron chi connectivity index (χ0n) is 12.2. The minimum atomic E-state index is -0.542. The van der Waals surface area contributed by atoms with E-state index in [-0.39, 0.29) is 5.76 Å². The second kappa shape index (κ2) is 4.83. The van der Waals surface area contributed by atoms with Crippen LogP contribution in [-0.4, -0.2) is 38.0 Å². The van der Waals surface area contributed by atoms with E-state index in [1.165, 1.54) is 7.11 Å². The maximum absolute atomic E-state index is 11.7. The molecule has 0 spiro atoms. The van der Waals surface area contributed by atoms with Crippen molar-refractivity contribution in [3.63, 3.8) is 0 Å². The van der Waals surface area contributed by atoms with Gasteiger partial charge in [-0.05, 0) is 40.5 Å². The molecule has 0 N–H and O–H groups in total. The highest BCUT2D eigenvalue weighted by atomic mass is 16.7. The van der Waals surface area contributed by atoms with Crippen molar-refractivity contribution in [2.45, 2.75) is 51.7 Å². The summed E-state index contributed by atoms with van der Waals surface area (Å²) in [6, 6.07) is 0. The van der Waals surface area contributed by atoms with Crippen LogP contribution in [0.3, 0.4) is 0 Å². The first-order valence-electron chi connectivity index (χ1n) is 6.58. The monoisotopic (exact) mass is 268 g/mol.